The van der Waals surface area contributed by atoms with E-state index in [1.807, 2.05) is 18.2 Å². The molecule has 2 N–H and O–H groups in total. The summed E-state index contributed by atoms with van der Waals surface area (Å²) in [6.07, 6.45) is 2.39. The normalized spacial score (nSPS) is 17.9. The molecule has 0 unspecified atom stereocenters. The Labute approximate surface area is 153 Å². The Morgan fingerprint density at radius 3 is 2.65 bits per heavy atom. The lowest BCUT2D eigenvalue weighted by molar-refractivity contribution is 0.0939. The van der Waals surface area contributed by atoms with Crippen molar-refractivity contribution < 1.29 is 4.79 Å². The first-order chi connectivity index (χ1) is 12.4. The molecule has 1 aliphatic heterocycles. The molecular weight excluding hydrogens is 328 g/mol. The monoisotopic (exact) mass is 354 g/mol. The minimum atomic E-state index is -0.0964. The third-order valence-electron chi connectivity index (χ3n) is 5.10. The van der Waals surface area contributed by atoms with Gasteiger partial charge < -0.3 is 10.2 Å². The van der Waals surface area contributed by atoms with Gasteiger partial charge in [-0.05, 0) is 31.0 Å². The van der Waals surface area contributed by atoms with Crippen molar-refractivity contribution in [2.24, 2.45) is 5.92 Å². The van der Waals surface area contributed by atoms with Gasteiger partial charge in [0.05, 0.1) is 5.69 Å². The zero-order chi connectivity index (χ0) is 18.3. The Kier molecular flexibility index (Phi) is 4.17. The van der Waals surface area contributed by atoms with Gasteiger partial charge in [-0.2, -0.15) is 10.2 Å². The summed E-state index contributed by atoms with van der Waals surface area (Å²) in [7, 11) is 0. The quantitative estimate of drug-likeness (QED) is 0.860. The third kappa shape index (κ3) is 3.57. The second-order valence-electron chi connectivity index (χ2n) is 8.49. The molecule has 4 rings (SSSR count). The Hall–Kier alpha value is -2.44. The number of nitrogens with zero attached hydrogens (tertiary/aromatic N) is 4. The van der Waals surface area contributed by atoms with Gasteiger partial charge in [0, 0.05) is 42.6 Å². The molecule has 1 aliphatic carbocycles. The van der Waals surface area contributed by atoms with E-state index in [1.165, 1.54) is 12.8 Å². The fraction of sp³-hybridized carbons (Fsp3) is 0.579. The van der Waals surface area contributed by atoms with Gasteiger partial charge in [0.2, 0.25) is 0 Å². The number of nitrogens with one attached hydrogen (secondary N) is 2. The molecule has 2 fully saturated rings. The maximum absolute atomic E-state index is 12.2. The summed E-state index contributed by atoms with van der Waals surface area (Å²) in [4.78, 5) is 14.4. The van der Waals surface area contributed by atoms with Gasteiger partial charge in [-0.1, -0.05) is 20.8 Å². The molecule has 0 bridgehead atoms. The summed E-state index contributed by atoms with van der Waals surface area (Å²) in [6, 6.07) is 5.96. The minimum absolute atomic E-state index is 0.0128. The third-order valence-corrected chi connectivity index (χ3v) is 5.10. The van der Waals surface area contributed by atoms with Crippen LogP contribution in [0.2, 0.25) is 0 Å². The summed E-state index contributed by atoms with van der Waals surface area (Å²) in [5, 5.41) is 18.8. The van der Waals surface area contributed by atoms with Crippen LogP contribution < -0.4 is 10.2 Å². The SMILES string of the molecule is CC(C)(C)c1ccc(N2CC(CNC(=O)c3cc(C4CC4)[nH]n3)C2)nn1. The van der Waals surface area contributed by atoms with Gasteiger partial charge in [0.25, 0.3) is 5.91 Å². The Morgan fingerprint density at radius 1 is 1.27 bits per heavy atom. The topological polar surface area (TPSA) is 86.8 Å². The van der Waals surface area contributed by atoms with Crippen LogP contribution in [0.5, 0.6) is 0 Å². The number of carbonyl (C=O) groups excluding carboxylic acids is 1. The molecule has 7 heteroatoms. The van der Waals surface area contributed by atoms with Crippen molar-refractivity contribution >= 4 is 11.7 Å². The average molecular weight is 354 g/mol. The fourth-order valence-electron chi connectivity index (χ4n) is 3.16. The number of carbonyl (C=O) groups is 1. The largest absolute Gasteiger partial charge is 0.354 e. The van der Waals surface area contributed by atoms with Crippen molar-refractivity contribution in [2.45, 2.75) is 44.9 Å². The van der Waals surface area contributed by atoms with E-state index in [-0.39, 0.29) is 11.3 Å². The second kappa shape index (κ2) is 6.37. The highest BCUT2D eigenvalue weighted by atomic mass is 16.1. The van der Waals surface area contributed by atoms with Gasteiger partial charge in [-0.15, -0.1) is 5.10 Å². The number of rotatable bonds is 5. The molecule has 2 aliphatic rings. The van der Waals surface area contributed by atoms with E-state index in [0.29, 0.717) is 24.1 Å². The van der Waals surface area contributed by atoms with Crippen molar-refractivity contribution in [2.75, 3.05) is 24.5 Å². The molecule has 1 amide bonds. The van der Waals surface area contributed by atoms with E-state index in [4.69, 9.17) is 0 Å². The highest BCUT2D eigenvalue weighted by Gasteiger charge is 2.30. The average Bonchev–Trinajstić information content (AvgIpc) is 3.30. The molecule has 0 aromatic carbocycles. The first-order valence-corrected chi connectivity index (χ1v) is 9.33. The van der Waals surface area contributed by atoms with Crippen LogP contribution in [0.15, 0.2) is 18.2 Å². The molecule has 1 saturated heterocycles. The molecule has 1 saturated carbocycles. The molecule has 0 atom stereocenters. The molecule has 138 valence electrons. The number of hydrogen-bond donors (Lipinski definition) is 2. The molecule has 26 heavy (non-hydrogen) atoms. The van der Waals surface area contributed by atoms with Crippen LogP contribution in [-0.4, -0.2) is 45.9 Å². The lowest BCUT2D eigenvalue weighted by Gasteiger charge is -2.40. The van der Waals surface area contributed by atoms with Crippen LogP contribution in [0, 0.1) is 5.92 Å². The number of aromatic nitrogens is 4. The molecule has 0 radical (unpaired) electrons. The van der Waals surface area contributed by atoms with Crippen molar-refractivity contribution in [3.05, 3.63) is 35.3 Å². The zero-order valence-electron chi connectivity index (χ0n) is 15.6. The van der Waals surface area contributed by atoms with Crippen LogP contribution in [0.25, 0.3) is 0 Å². The molecule has 0 spiro atoms. The summed E-state index contributed by atoms with van der Waals surface area (Å²) >= 11 is 0. The van der Waals surface area contributed by atoms with Gasteiger partial charge in [0.1, 0.15) is 5.69 Å². The first-order valence-electron chi connectivity index (χ1n) is 9.33. The van der Waals surface area contributed by atoms with Crippen molar-refractivity contribution in [3.8, 4) is 0 Å². The van der Waals surface area contributed by atoms with Gasteiger partial charge in [0.15, 0.2) is 5.82 Å². The van der Waals surface area contributed by atoms with Crippen LogP contribution >= 0.6 is 0 Å². The van der Waals surface area contributed by atoms with E-state index in [2.05, 4.69) is 51.4 Å². The minimum Gasteiger partial charge on any atom is -0.354 e. The van der Waals surface area contributed by atoms with E-state index >= 15 is 0 Å². The van der Waals surface area contributed by atoms with E-state index in [1.54, 1.807) is 0 Å². The maximum atomic E-state index is 12.2. The summed E-state index contributed by atoms with van der Waals surface area (Å²) in [5.41, 5.74) is 2.59. The maximum Gasteiger partial charge on any atom is 0.271 e. The zero-order valence-corrected chi connectivity index (χ0v) is 15.6. The molecule has 3 heterocycles. The summed E-state index contributed by atoms with van der Waals surface area (Å²) in [6.45, 7) is 8.83. The number of hydrogen-bond acceptors (Lipinski definition) is 5. The smallest absolute Gasteiger partial charge is 0.271 e. The highest BCUT2D eigenvalue weighted by molar-refractivity contribution is 5.92. The lowest BCUT2D eigenvalue weighted by Crippen LogP contribution is -2.52. The predicted molar refractivity (Wildman–Crippen MR) is 99.3 cm³/mol. The van der Waals surface area contributed by atoms with E-state index in [0.717, 1.165) is 30.3 Å². The first kappa shape index (κ1) is 17.0. The molecule has 2 aromatic heterocycles. The Morgan fingerprint density at radius 2 is 2.04 bits per heavy atom. The number of amides is 1. The van der Waals surface area contributed by atoms with Crippen molar-refractivity contribution in [3.63, 3.8) is 0 Å². The van der Waals surface area contributed by atoms with Gasteiger partial charge >= 0.3 is 0 Å². The lowest BCUT2D eigenvalue weighted by atomic mass is 9.92. The molecule has 2 aromatic rings. The van der Waals surface area contributed by atoms with E-state index < -0.39 is 0 Å². The van der Waals surface area contributed by atoms with Gasteiger partial charge in [-0.25, -0.2) is 0 Å². The predicted octanol–water partition coefficient (Wildman–Crippen LogP) is 2.24. The van der Waals surface area contributed by atoms with Crippen molar-refractivity contribution in [1.29, 1.82) is 0 Å². The number of H-pyrrole nitrogens is 1. The van der Waals surface area contributed by atoms with E-state index in [9.17, 15) is 4.79 Å². The standard InChI is InChI=1S/C19H26N6O/c1-19(2,3)16-6-7-17(24-23-16)25-10-12(11-25)9-20-18(26)15-8-14(21-22-15)13-4-5-13/h6-8,12-13H,4-5,9-11H2,1-3H3,(H,20,26)(H,21,22). The van der Waals surface area contributed by atoms with Crippen LogP contribution in [0.3, 0.4) is 0 Å². The van der Waals surface area contributed by atoms with Crippen LogP contribution in [0.1, 0.15) is 61.4 Å². The number of anilines is 1. The Balaban J connectivity index is 1.24. The second-order valence-corrected chi connectivity index (χ2v) is 8.49. The molecular formula is C19H26N6O. The molecule has 7 nitrogen and oxygen atoms in total. The van der Waals surface area contributed by atoms with Crippen LogP contribution in [0.4, 0.5) is 5.82 Å². The summed E-state index contributed by atoms with van der Waals surface area (Å²) < 4.78 is 0. The fourth-order valence-corrected chi connectivity index (χ4v) is 3.16. The number of aromatic amines is 1. The van der Waals surface area contributed by atoms with Gasteiger partial charge in [-0.3, -0.25) is 9.89 Å². The Bertz CT molecular complexity index is 781. The van der Waals surface area contributed by atoms with Crippen LogP contribution in [-0.2, 0) is 5.41 Å². The summed E-state index contributed by atoms with van der Waals surface area (Å²) in [5.74, 6) is 1.82. The van der Waals surface area contributed by atoms with Crippen molar-refractivity contribution in [1.82, 2.24) is 25.7 Å². The highest BCUT2D eigenvalue weighted by Crippen LogP contribution is 2.39.